The normalized spacial score (nSPS) is 16.3. The van der Waals surface area contributed by atoms with Crippen molar-refractivity contribution in [1.82, 2.24) is 0 Å². The van der Waals surface area contributed by atoms with Crippen molar-refractivity contribution in [2.24, 2.45) is 4.40 Å². The van der Waals surface area contributed by atoms with Crippen molar-refractivity contribution in [3.8, 4) is 0 Å². The third-order valence-electron chi connectivity index (χ3n) is 2.88. The van der Waals surface area contributed by atoms with Gasteiger partial charge in [0.05, 0.1) is 5.69 Å². The number of nitrogens with one attached hydrogen (secondary N) is 1. The Balaban J connectivity index is 1.94. The van der Waals surface area contributed by atoms with Crippen LogP contribution in [-0.4, -0.2) is 14.3 Å². The van der Waals surface area contributed by atoms with Gasteiger partial charge in [-0.2, -0.15) is 8.42 Å². The van der Waals surface area contributed by atoms with Gasteiger partial charge in [0.2, 0.25) is 0 Å². The lowest BCUT2D eigenvalue weighted by molar-refractivity contribution is 0.598. The molecule has 5 heteroatoms. The summed E-state index contributed by atoms with van der Waals surface area (Å²) in [5, 5.41) is 3.01. The van der Waals surface area contributed by atoms with Gasteiger partial charge in [0.25, 0.3) is 10.0 Å². The fourth-order valence-corrected chi connectivity index (χ4v) is 3.06. The zero-order valence-corrected chi connectivity index (χ0v) is 11.3. The summed E-state index contributed by atoms with van der Waals surface area (Å²) in [6, 6.07) is 16.4. The van der Waals surface area contributed by atoms with Gasteiger partial charge in [-0.15, -0.1) is 4.40 Å². The van der Waals surface area contributed by atoms with Crippen LogP contribution in [0.15, 0.2) is 70.0 Å². The molecule has 0 bridgehead atoms. The SMILES string of the molecule is O=S1(=O)N=C(/C=C/c2ccccc2)Nc2ccccc21. The Morgan fingerprint density at radius 1 is 0.900 bits per heavy atom. The number of nitrogens with zero attached hydrogens (tertiary/aromatic N) is 1. The standard InChI is InChI=1S/C15H12N2O2S/c18-20(19)14-9-5-4-8-13(14)16-15(17-20)11-10-12-6-2-1-3-7-12/h1-11H,(H,16,17)/b11-10+. The quantitative estimate of drug-likeness (QED) is 0.922. The zero-order valence-electron chi connectivity index (χ0n) is 10.5. The molecule has 0 amide bonds. The van der Waals surface area contributed by atoms with Gasteiger partial charge in [-0.25, -0.2) is 0 Å². The van der Waals surface area contributed by atoms with E-state index >= 15 is 0 Å². The summed E-state index contributed by atoms with van der Waals surface area (Å²) >= 11 is 0. The van der Waals surface area contributed by atoms with Crippen molar-refractivity contribution in [3.05, 3.63) is 66.2 Å². The van der Waals surface area contributed by atoms with Crippen LogP contribution in [0.25, 0.3) is 6.08 Å². The van der Waals surface area contributed by atoms with Crippen LogP contribution in [0.3, 0.4) is 0 Å². The second kappa shape index (κ2) is 4.94. The number of sulfonamides is 1. The van der Waals surface area contributed by atoms with Gasteiger partial charge in [0, 0.05) is 0 Å². The first kappa shape index (κ1) is 12.6. The fourth-order valence-electron chi connectivity index (χ4n) is 1.95. The molecule has 1 N–H and O–H groups in total. The van der Waals surface area contributed by atoms with Gasteiger partial charge in [-0.1, -0.05) is 48.5 Å². The number of benzene rings is 2. The molecule has 0 aliphatic carbocycles. The first-order valence-electron chi connectivity index (χ1n) is 6.09. The Kier molecular flexibility index (Phi) is 3.12. The molecule has 0 radical (unpaired) electrons. The molecule has 3 rings (SSSR count). The molecular formula is C15H12N2O2S. The molecule has 0 atom stereocenters. The van der Waals surface area contributed by atoms with E-state index in [1.54, 1.807) is 30.3 Å². The molecule has 4 nitrogen and oxygen atoms in total. The molecule has 2 aromatic rings. The molecule has 100 valence electrons. The highest BCUT2D eigenvalue weighted by molar-refractivity contribution is 7.90. The van der Waals surface area contributed by atoms with E-state index in [2.05, 4.69) is 9.71 Å². The van der Waals surface area contributed by atoms with Gasteiger partial charge < -0.3 is 5.32 Å². The Hall–Kier alpha value is -2.40. The highest BCUT2D eigenvalue weighted by Crippen LogP contribution is 2.26. The van der Waals surface area contributed by atoms with E-state index < -0.39 is 10.0 Å². The molecule has 1 aliphatic heterocycles. The number of para-hydroxylation sites is 1. The van der Waals surface area contributed by atoms with Crippen LogP contribution >= 0.6 is 0 Å². The van der Waals surface area contributed by atoms with E-state index in [1.165, 1.54) is 0 Å². The van der Waals surface area contributed by atoms with Gasteiger partial charge in [-0.3, -0.25) is 0 Å². The van der Waals surface area contributed by atoms with Crippen molar-refractivity contribution >= 4 is 27.6 Å². The van der Waals surface area contributed by atoms with Gasteiger partial charge in [-0.05, 0) is 23.8 Å². The molecule has 0 unspecified atom stereocenters. The van der Waals surface area contributed by atoms with E-state index in [-0.39, 0.29) is 4.90 Å². The molecule has 0 saturated carbocycles. The number of fused-ring (bicyclic) bond motifs is 1. The predicted octanol–water partition coefficient (Wildman–Crippen LogP) is 2.91. The highest BCUT2D eigenvalue weighted by Gasteiger charge is 2.22. The third-order valence-corrected chi connectivity index (χ3v) is 4.23. The van der Waals surface area contributed by atoms with Crippen LogP contribution in [0.5, 0.6) is 0 Å². The molecule has 1 heterocycles. The summed E-state index contributed by atoms with van der Waals surface area (Å²) in [6.07, 6.45) is 3.47. The summed E-state index contributed by atoms with van der Waals surface area (Å²) in [7, 11) is -3.62. The summed E-state index contributed by atoms with van der Waals surface area (Å²) in [6.45, 7) is 0. The molecule has 0 fully saturated rings. The first-order chi connectivity index (χ1) is 9.65. The lowest BCUT2D eigenvalue weighted by atomic mass is 10.2. The molecule has 2 aromatic carbocycles. The van der Waals surface area contributed by atoms with Crippen molar-refractivity contribution < 1.29 is 8.42 Å². The fraction of sp³-hybridized carbons (Fsp3) is 0. The summed E-state index contributed by atoms with van der Waals surface area (Å²) in [5.41, 5.74) is 1.53. The summed E-state index contributed by atoms with van der Waals surface area (Å²) in [5.74, 6) is 0.313. The maximum absolute atomic E-state index is 12.0. The van der Waals surface area contributed by atoms with Crippen molar-refractivity contribution in [1.29, 1.82) is 0 Å². The largest absolute Gasteiger partial charge is 0.338 e. The van der Waals surface area contributed by atoms with E-state index in [4.69, 9.17) is 0 Å². The number of anilines is 1. The summed E-state index contributed by atoms with van der Waals surface area (Å²) < 4.78 is 27.8. The van der Waals surface area contributed by atoms with Crippen LogP contribution < -0.4 is 5.32 Å². The van der Waals surface area contributed by atoms with E-state index in [1.807, 2.05) is 36.4 Å². The zero-order chi connectivity index (χ0) is 14.0. The average Bonchev–Trinajstić information content (AvgIpc) is 2.46. The number of amidine groups is 1. The summed E-state index contributed by atoms with van der Waals surface area (Å²) in [4.78, 5) is 0.205. The Labute approximate surface area is 117 Å². The van der Waals surface area contributed by atoms with Crippen molar-refractivity contribution in [2.45, 2.75) is 4.90 Å². The molecule has 20 heavy (non-hydrogen) atoms. The Morgan fingerprint density at radius 2 is 1.60 bits per heavy atom. The maximum atomic E-state index is 12.0. The van der Waals surface area contributed by atoms with E-state index in [0.29, 0.717) is 11.5 Å². The minimum Gasteiger partial charge on any atom is -0.338 e. The molecule has 0 aromatic heterocycles. The number of hydrogen-bond donors (Lipinski definition) is 1. The van der Waals surface area contributed by atoms with Gasteiger partial charge in [0.15, 0.2) is 0 Å². The van der Waals surface area contributed by atoms with Gasteiger partial charge in [0.1, 0.15) is 10.7 Å². The van der Waals surface area contributed by atoms with Crippen molar-refractivity contribution in [3.63, 3.8) is 0 Å². The van der Waals surface area contributed by atoms with Crippen LogP contribution in [0, 0.1) is 0 Å². The number of rotatable bonds is 2. The lowest BCUT2D eigenvalue weighted by Gasteiger charge is -2.15. The van der Waals surface area contributed by atoms with Crippen molar-refractivity contribution in [2.75, 3.05) is 5.32 Å². The second-order valence-electron chi connectivity index (χ2n) is 4.32. The van der Waals surface area contributed by atoms with Gasteiger partial charge >= 0.3 is 0 Å². The predicted molar refractivity (Wildman–Crippen MR) is 80.2 cm³/mol. The third kappa shape index (κ3) is 2.48. The number of hydrogen-bond acceptors (Lipinski definition) is 3. The lowest BCUT2D eigenvalue weighted by Crippen LogP contribution is -2.19. The molecule has 0 saturated heterocycles. The van der Waals surface area contributed by atoms with Crippen LogP contribution in [0.4, 0.5) is 5.69 Å². The average molecular weight is 284 g/mol. The topological polar surface area (TPSA) is 58.5 Å². The molecular weight excluding hydrogens is 272 g/mol. The highest BCUT2D eigenvalue weighted by atomic mass is 32.2. The van der Waals surface area contributed by atoms with E-state index in [0.717, 1.165) is 5.56 Å². The minimum absolute atomic E-state index is 0.205. The second-order valence-corrected chi connectivity index (χ2v) is 5.89. The minimum atomic E-state index is -3.62. The van der Waals surface area contributed by atoms with Crippen LogP contribution in [0.1, 0.15) is 5.56 Å². The Morgan fingerprint density at radius 3 is 2.40 bits per heavy atom. The Bertz CT molecular complexity index is 794. The first-order valence-corrected chi connectivity index (χ1v) is 7.53. The van der Waals surface area contributed by atoms with Crippen LogP contribution in [0.2, 0.25) is 0 Å². The monoisotopic (exact) mass is 284 g/mol. The van der Waals surface area contributed by atoms with E-state index in [9.17, 15) is 8.42 Å². The maximum Gasteiger partial charge on any atom is 0.286 e. The molecule has 0 spiro atoms. The smallest absolute Gasteiger partial charge is 0.286 e. The van der Waals surface area contributed by atoms with Crippen LogP contribution in [-0.2, 0) is 10.0 Å². The molecule has 1 aliphatic rings.